The number of amides is 1. The summed E-state index contributed by atoms with van der Waals surface area (Å²) < 4.78 is 7.12. The molecule has 136 valence electrons. The number of halogens is 1. The lowest BCUT2D eigenvalue weighted by Crippen LogP contribution is -2.26. The predicted molar refractivity (Wildman–Crippen MR) is 107 cm³/mol. The normalized spacial score (nSPS) is 10.9. The van der Waals surface area contributed by atoms with Gasteiger partial charge in [-0.05, 0) is 36.4 Å². The standard InChI is InChI=1S/C20H16ClN3O2S/c21-15-7-5-14(6-8-15)17-13-27-20(23-17)18-4-1-9-24(18)12-19(25)22-11-16-3-2-10-26-16/h1-10,13H,11-12H2,(H,22,25). The van der Waals surface area contributed by atoms with Crippen molar-refractivity contribution in [3.05, 3.63) is 77.2 Å². The lowest BCUT2D eigenvalue weighted by Gasteiger charge is -2.08. The number of rotatable bonds is 6. The smallest absolute Gasteiger partial charge is 0.240 e. The summed E-state index contributed by atoms with van der Waals surface area (Å²) in [6.07, 6.45) is 3.47. The van der Waals surface area contributed by atoms with E-state index in [0.29, 0.717) is 11.6 Å². The molecule has 4 rings (SSSR count). The first-order valence-electron chi connectivity index (χ1n) is 8.35. The van der Waals surface area contributed by atoms with Crippen LogP contribution in [-0.4, -0.2) is 15.5 Å². The summed E-state index contributed by atoms with van der Waals surface area (Å²) in [5.74, 6) is 0.641. The van der Waals surface area contributed by atoms with E-state index in [-0.39, 0.29) is 12.5 Å². The van der Waals surface area contributed by atoms with Crippen molar-refractivity contribution < 1.29 is 9.21 Å². The SMILES string of the molecule is O=C(Cn1cccc1-c1nc(-c2ccc(Cl)cc2)cs1)NCc1ccco1. The van der Waals surface area contributed by atoms with Gasteiger partial charge in [-0.25, -0.2) is 4.98 Å². The quantitative estimate of drug-likeness (QED) is 0.506. The number of hydrogen-bond acceptors (Lipinski definition) is 4. The number of benzene rings is 1. The molecule has 5 nitrogen and oxygen atoms in total. The number of thiazole rings is 1. The molecule has 1 amide bonds. The van der Waals surface area contributed by atoms with Gasteiger partial charge in [0, 0.05) is 22.2 Å². The molecule has 3 aromatic heterocycles. The van der Waals surface area contributed by atoms with E-state index < -0.39 is 0 Å². The summed E-state index contributed by atoms with van der Waals surface area (Å²) in [6.45, 7) is 0.597. The molecule has 27 heavy (non-hydrogen) atoms. The van der Waals surface area contributed by atoms with Gasteiger partial charge in [-0.15, -0.1) is 11.3 Å². The van der Waals surface area contributed by atoms with Gasteiger partial charge >= 0.3 is 0 Å². The fraction of sp³-hybridized carbons (Fsp3) is 0.100. The van der Waals surface area contributed by atoms with Gasteiger partial charge in [-0.2, -0.15) is 0 Å². The minimum absolute atomic E-state index is 0.0849. The highest BCUT2D eigenvalue weighted by Crippen LogP contribution is 2.29. The van der Waals surface area contributed by atoms with Crippen molar-refractivity contribution in [2.45, 2.75) is 13.1 Å². The third-order valence-electron chi connectivity index (χ3n) is 4.05. The Morgan fingerprint density at radius 2 is 2.04 bits per heavy atom. The van der Waals surface area contributed by atoms with E-state index in [1.807, 2.05) is 58.6 Å². The first kappa shape index (κ1) is 17.6. The van der Waals surface area contributed by atoms with Gasteiger partial charge in [-0.3, -0.25) is 4.79 Å². The summed E-state index contributed by atoms with van der Waals surface area (Å²) in [6, 6.07) is 15.1. The van der Waals surface area contributed by atoms with Gasteiger partial charge in [0.05, 0.1) is 24.2 Å². The third kappa shape index (κ3) is 4.13. The van der Waals surface area contributed by atoms with Crippen LogP contribution in [0.2, 0.25) is 5.02 Å². The molecule has 0 unspecified atom stereocenters. The Labute approximate surface area is 165 Å². The Kier molecular flexibility index (Phi) is 5.09. The predicted octanol–water partition coefficient (Wildman–Crippen LogP) is 4.84. The minimum Gasteiger partial charge on any atom is -0.467 e. The number of aromatic nitrogens is 2. The lowest BCUT2D eigenvalue weighted by atomic mass is 10.2. The zero-order valence-corrected chi connectivity index (χ0v) is 15.8. The number of furan rings is 1. The molecule has 0 fully saturated rings. The molecular formula is C20H16ClN3O2S. The zero-order chi connectivity index (χ0) is 18.6. The second kappa shape index (κ2) is 7.82. The van der Waals surface area contributed by atoms with E-state index in [1.54, 1.807) is 23.7 Å². The summed E-state index contributed by atoms with van der Waals surface area (Å²) in [4.78, 5) is 17.0. The van der Waals surface area contributed by atoms with Gasteiger partial charge < -0.3 is 14.3 Å². The minimum atomic E-state index is -0.0849. The third-order valence-corrected chi connectivity index (χ3v) is 5.16. The maximum absolute atomic E-state index is 12.2. The Hall–Kier alpha value is -2.83. The second-order valence-electron chi connectivity index (χ2n) is 5.92. The number of nitrogens with one attached hydrogen (secondary N) is 1. The van der Waals surface area contributed by atoms with Crippen LogP contribution in [0.1, 0.15) is 5.76 Å². The highest BCUT2D eigenvalue weighted by molar-refractivity contribution is 7.13. The van der Waals surface area contributed by atoms with Crippen molar-refractivity contribution in [1.29, 1.82) is 0 Å². The molecule has 0 saturated heterocycles. The molecule has 0 aliphatic carbocycles. The van der Waals surface area contributed by atoms with Gasteiger partial charge in [0.25, 0.3) is 0 Å². The van der Waals surface area contributed by atoms with Crippen LogP contribution < -0.4 is 5.32 Å². The maximum Gasteiger partial charge on any atom is 0.240 e. The van der Waals surface area contributed by atoms with Gasteiger partial charge in [0.15, 0.2) is 0 Å². The Morgan fingerprint density at radius 3 is 2.81 bits per heavy atom. The van der Waals surface area contributed by atoms with Crippen molar-refractivity contribution in [3.8, 4) is 22.0 Å². The summed E-state index contributed by atoms with van der Waals surface area (Å²) in [5.41, 5.74) is 2.81. The monoisotopic (exact) mass is 397 g/mol. The Morgan fingerprint density at radius 1 is 1.19 bits per heavy atom. The summed E-state index contributed by atoms with van der Waals surface area (Å²) >= 11 is 7.50. The highest BCUT2D eigenvalue weighted by Gasteiger charge is 2.12. The van der Waals surface area contributed by atoms with E-state index in [2.05, 4.69) is 5.32 Å². The molecule has 4 aromatic rings. The number of carbonyl (C=O) groups excluding carboxylic acids is 1. The average Bonchev–Trinajstić information content (AvgIpc) is 3.42. The van der Waals surface area contributed by atoms with Crippen LogP contribution in [0.4, 0.5) is 0 Å². The molecule has 1 N–H and O–H groups in total. The first-order chi connectivity index (χ1) is 13.2. The van der Waals surface area contributed by atoms with Crippen LogP contribution in [0.25, 0.3) is 22.0 Å². The van der Waals surface area contributed by atoms with Crippen molar-refractivity contribution in [2.24, 2.45) is 0 Å². The van der Waals surface area contributed by atoms with Crippen molar-refractivity contribution in [3.63, 3.8) is 0 Å². The molecule has 7 heteroatoms. The molecule has 0 spiro atoms. The average molecular weight is 398 g/mol. The van der Waals surface area contributed by atoms with E-state index in [1.165, 1.54) is 0 Å². The molecule has 0 radical (unpaired) electrons. The number of hydrogen-bond donors (Lipinski definition) is 1. The maximum atomic E-state index is 12.2. The van der Waals surface area contributed by atoms with Gasteiger partial charge in [0.1, 0.15) is 17.3 Å². The van der Waals surface area contributed by atoms with Crippen LogP contribution in [-0.2, 0) is 17.9 Å². The molecule has 0 bridgehead atoms. The Balaban J connectivity index is 1.47. The van der Waals surface area contributed by atoms with Crippen LogP contribution in [0.5, 0.6) is 0 Å². The first-order valence-corrected chi connectivity index (χ1v) is 9.61. The molecular weight excluding hydrogens is 382 g/mol. The van der Waals surface area contributed by atoms with Crippen LogP contribution in [0.3, 0.4) is 0 Å². The number of nitrogens with zero attached hydrogens (tertiary/aromatic N) is 2. The number of carbonyl (C=O) groups is 1. The zero-order valence-electron chi connectivity index (χ0n) is 14.3. The molecule has 0 aliphatic rings. The van der Waals surface area contributed by atoms with Crippen LogP contribution in [0.15, 0.2) is 70.8 Å². The van der Waals surface area contributed by atoms with Crippen molar-refractivity contribution >= 4 is 28.8 Å². The van der Waals surface area contributed by atoms with Crippen molar-refractivity contribution in [1.82, 2.24) is 14.9 Å². The topological polar surface area (TPSA) is 60.1 Å². The molecule has 0 aliphatic heterocycles. The van der Waals surface area contributed by atoms with E-state index in [9.17, 15) is 4.79 Å². The fourth-order valence-corrected chi connectivity index (χ4v) is 3.70. The highest BCUT2D eigenvalue weighted by atomic mass is 35.5. The summed E-state index contributed by atoms with van der Waals surface area (Å²) in [7, 11) is 0. The van der Waals surface area contributed by atoms with Crippen LogP contribution in [0, 0.1) is 0 Å². The lowest BCUT2D eigenvalue weighted by molar-refractivity contribution is -0.121. The molecule has 3 heterocycles. The van der Waals surface area contributed by atoms with E-state index in [4.69, 9.17) is 21.0 Å². The second-order valence-corrected chi connectivity index (χ2v) is 7.22. The van der Waals surface area contributed by atoms with Gasteiger partial charge in [0.2, 0.25) is 5.91 Å². The van der Waals surface area contributed by atoms with E-state index in [0.717, 1.165) is 27.7 Å². The molecule has 0 saturated carbocycles. The van der Waals surface area contributed by atoms with Crippen molar-refractivity contribution in [2.75, 3.05) is 0 Å². The van der Waals surface area contributed by atoms with Crippen LogP contribution >= 0.6 is 22.9 Å². The molecule has 0 atom stereocenters. The van der Waals surface area contributed by atoms with Gasteiger partial charge in [-0.1, -0.05) is 23.7 Å². The summed E-state index contributed by atoms with van der Waals surface area (Å²) in [5, 5.41) is 6.42. The fourth-order valence-electron chi connectivity index (χ4n) is 2.70. The molecule has 1 aromatic carbocycles. The van der Waals surface area contributed by atoms with E-state index >= 15 is 0 Å². The Bertz CT molecular complexity index is 1040. The largest absolute Gasteiger partial charge is 0.467 e.